The van der Waals surface area contributed by atoms with Crippen LogP contribution in [0.25, 0.3) is 0 Å². The molecule has 1 aliphatic heterocycles. The van der Waals surface area contributed by atoms with Crippen LogP contribution < -0.4 is 0 Å². The van der Waals surface area contributed by atoms with Gasteiger partial charge in [-0.2, -0.15) is 4.31 Å². The van der Waals surface area contributed by atoms with E-state index >= 15 is 0 Å². The number of aryl methyl sites for hydroxylation is 1. The second kappa shape index (κ2) is 10.0. The third kappa shape index (κ3) is 5.09. The van der Waals surface area contributed by atoms with Crippen molar-refractivity contribution in [2.24, 2.45) is 0 Å². The van der Waals surface area contributed by atoms with Crippen molar-refractivity contribution in [3.05, 3.63) is 52.8 Å². The predicted octanol–water partition coefficient (Wildman–Crippen LogP) is 3.30. The topological polar surface area (TPSA) is 103 Å². The summed E-state index contributed by atoms with van der Waals surface area (Å²) in [5.41, 5.74) is 2.67. The van der Waals surface area contributed by atoms with Gasteiger partial charge in [-0.25, -0.2) is 8.42 Å². The average Bonchev–Trinajstić information content (AvgIpc) is 3.10. The number of Topliss-reactive ketones (excluding diaryl/α,β-unsaturated/α-hetero) is 2. The zero-order chi connectivity index (χ0) is 24.3. The van der Waals surface area contributed by atoms with Gasteiger partial charge in [0.05, 0.1) is 4.90 Å². The lowest BCUT2D eigenvalue weighted by atomic mass is 10.1. The second-order valence-corrected chi connectivity index (χ2v) is 10.2. The van der Waals surface area contributed by atoms with E-state index in [-0.39, 0.29) is 23.0 Å². The minimum Gasteiger partial charge on any atom is -0.456 e. The van der Waals surface area contributed by atoms with Crippen molar-refractivity contribution < 1.29 is 27.5 Å². The van der Waals surface area contributed by atoms with E-state index in [1.165, 1.54) is 31.2 Å². The van der Waals surface area contributed by atoms with Crippen molar-refractivity contribution >= 4 is 27.6 Å². The zero-order valence-corrected chi connectivity index (χ0v) is 20.3. The first-order chi connectivity index (χ1) is 15.6. The van der Waals surface area contributed by atoms with Crippen molar-refractivity contribution in [3.8, 4) is 0 Å². The van der Waals surface area contributed by atoms with Gasteiger partial charge in [0.15, 0.2) is 12.4 Å². The van der Waals surface area contributed by atoms with Gasteiger partial charge in [-0.1, -0.05) is 12.1 Å². The van der Waals surface area contributed by atoms with Gasteiger partial charge in [0.1, 0.15) is 6.04 Å². The fourth-order valence-electron chi connectivity index (χ4n) is 4.31. The minimum absolute atomic E-state index is 0.00952. The lowest BCUT2D eigenvalue weighted by molar-refractivity contribution is -0.148. The SMILES string of the molecule is CCn1c(C)cc(C(=O)COC(=O)C2CCCCN2S(=O)(=O)c2ccc(C(C)=O)cc2)c1C. The van der Waals surface area contributed by atoms with Crippen LogP contribution in [0.2, 0.25) is 0 Å². The van der Waals surface area contributed by atoms with Gasteiger partial charge in [-0.15, -0.1) is 0 Å². The highest BCUT2D eigenvalue weighted by molar-refractivity contribution is 7.89. The van der Waals surface area contributed by atoms with Crippen LogP contribution in [0.5, 0.6) is 0 Å². The molecule has 1 aromatic carbocycles. The Labute approximate surface area is 194 Å². The molecule has 0 N–H and O–H groups in total. The van der Waals surface area contributed by atoms with E-state index in [9.17, 15) is 22.8 Å². The number of nitrogens with zero attached hydrogens (tertiary/aromatic N) is 2. The average molecular weight is 475 g/mol. The third-order valence-corrected chi connectivity index (χ3v) is 8.05. The molecule has 1 fully saturated rings. The van der Waals surface area contributed by atoms with Gasteiger partial charge in [0, 0.05) is 35.6 Å². The summed E-state index contributed by atoms with van der Waals surface area (Å²) < 4.78 is 34.9. The molecule has 33 heavy (non-hydrogen) atoms. The summed E-state index contributed by atoms with van der Waals surface area (Å²) in [6.45, 7) is 7.62. The van der Waals surface area contributed by atoms with E-state index in [4.69, 9.17) is 4.74 Å². The number of benzene rings is 1. The molecule has 1 atom stereocenters. The van der Waals surface area contributed by atoms with Crippen LogP contribution in [0, 0.1) is 13.8 Å². The maximum Gasteiger partial charge on any atom is 0.324 e. The Bertz CT molecular complexity index is 1160. The van der Waals surface area contributed by atoms with Crippen LogP contribution in [-0.2, 0) is 26.1 Å². The number of rotatable bonds is 8. The number of carbonyl (C=O) groups excluding carboxylic acids is 3. The first kappa shape index (κ1) is 24.9. The molecular weight excluding hydrogens is 444 g/mol. The molecule has 1 saturated heterocycles. The first-order valence-corrected chi connectivity index (χ1v) is 12.5. The van der Waals surface area contributed by atoms with E-state index in [0.717, 1.165) is 22.2 Å². The van der Waals surface area contributed by atoms with Crippen LogP contribution in [0.3, 0.4) is 0 Å². The highest BCUT2D eigenvalue weighted by Crippen LogP contribution is 2.27. The Kier molecular flexibility index (Phi) is 7.54. The molecule has 1 aromatic heterocycles. The molecule has 2 aromatic rings. The van der Waals surface area contributed by atoms with Crippen LogP contribution in [0.1, 0.15) is 65.2 Å². The molecule has 0 radical (unpaired) electrons. The van der Waals surface area contributed by atoms with Crippen molar-refractivity contribution in [2.45, 2.75) is 64.4 Å². The predicted molar refractivity (Wildman–Crippen MR) is 123 cm³/mol. The standard InChI is InChI=1S/C24H30N2O6S/c1-5-25-16(2)14-21(17(25)3)23(28)15-32-24(29)22-8-6-7-13-26(22)33(30,31)20-11-9-19(10-12-20)18(4)27/h9-12,14,22H,5-8,13,15H2,1-4H3. The van der Waals surface area contributed by atoms with Crippen molar-refractivity contribution in [1.82, 2.24) is 8.87 Å². The summed E-state index contributed by atoms with van der Waals surface area (Å²) >= 11 is 0. The molecule has 9 heteroatoms. The molecule has 3 rings (SSSR count). The normalized spacial score (nSPS) is 17.0. The lowest BCUT2D eigenvalue weighted by Crippen LogP contribution is -2.48. The maximum absolute atomic E-state index is 13.2. The molecule has 2 heterocycles. The van der Waals surface area contributed by atoms with Gasteiger partial charge < -0.3 is 9.30 Å². The number of sulfonamides is 1. The Morgan fingerprint density at radius 2 is 1.76 bits per heavy atom. The number of hydrogen-bond acceptors (Lipinski definition) is 6. The Morgan fingerprint density at radius 3 is 2.33 bits per heavy atom. The summed E-state index contributed by atoms with van der Waals surface area (Å²) in [4.78, 5) is 37.0. The fourth-order valence-corrected chi connectivity index (χ4v) is 5.95. The molecule has 8 nitrogen and oxygen atoms in total. The van der Waals surface area contributed by atoms with Crippen LogP contribution in [0.4, 0.5) is 0 Å². The summed E-state index contributed by atoms with van der Waals surface area (Å²) in [5.74, 6) is -1.21. The van der Waals surface area contributed by atoms with Crippen LogP contribution in [0.15, 0.2) is 35.2 Å². The van der Waals surface area contributed by atoms with E-state index in [1.54, 1.807) is 6.07 Å². The van der Waals surface area contributed by atoms with Crippen molar-refractivity contribution in [1.29, 1.82) is 0 Å². The lowest BCUT2D eigenvalue weighted by Gasteiger charge is -2.33. The van der Waals surface area contributed by atoms with Gasteiger partial charge in [-0.05, 0) is 65.2 Å². The van der Waals surface area contributed by atoms with Crippen LogP contribution >= 0.6 is 0 Å². The summed E-state index contributed by atoms with van der Waals surface area (Å²) in [6.07, 6.45) is 1.62. The van der Waals surface area contributed by atoms with Crippen molar-refractivity contribution in [2.75, 3.05) is 13.2 Å². The van der Waals surface area contributed by atoms with E-state index in [1.807, 2.05) is 25.3 Å². The third-order valence-electron chi connectivity index (χ3n) is 6.13. The Hall–Kier alpha value is -2.78. The van der Waals surface area contributed by atoms with E-state index in [0.29, 0.717) is 30.4 Å². The van der Waals surface area contributed by atoms with Gasteiger partial charge >= 0.3 is 5.97 Å². The summed E-state index contributed by atoms with van der Waals surface area (Å²) in [6, 6.07) is 6.44. The molecule has 0 spiro atoms. The molecule has 0 amide bonds. The highest BCUT2D eigenvalue weighted by Gasteiger charge is 2.39. The van der Waals surface area contributed by atoms with Crippen LogP contribution in [-0.4, -0.2) is 54.0 Å². The number of piperidine rings is 1. The summed E-state index contributed by atoms with van der Waals surface area (Å²) in [7, 11) is -3.97. The molecular formula is C24H30N2O6S. The monoisotopic (exact) mass is 474 g/mol. The van der Waals surface area contributed by atoms with Crippen molar-refractivity contribution in [3.63, 3.8) is 0 Å². The Balaban J connectivity index is 1.74. The molecule has 178 valence electrons. The number of ether oxygens (including phenoxy) is 1. The second-order valence-electron chi connectivity index (χ2n) is 8.27. The Morgan fingerprint density at radius 1 is 1.09 bits per heavy atom. The van der Waals surface area contributed by atoms with Gasteiger partial charge in [0.25, 0.3) is 0 Å². The molecule has 0 aliphatic carbocycles. The molecule has 1 aliphatic rings. The molecule has 0 bridgehead atoms. The number of aromatic nitrogens is 1. The quantitative estimate of drug-likeness (QED) is 0.430. The maximum atomic E-state index is 13.2. The zero-order valence-electron chi connectivity index (χ0n) is 19.5. The first-order valence-electron chi connectivity index (χ1n) is 11.1. The molecule has 0 saturated carbocycles. The van der Waals surface area contributed by atoms with E-state index < -0.39 is 28.6 Å². The number of esters is 1. The largest absolute Gasteiger partial charge is 0.456 e. The van der Waals surface area contributed by atoms with Gasteiger partial charge in [-0.3, -0.25) is 14.4 Å². The number of hydrogen-bond donors (Lipinski definition) is 0. The number of ketones is 2. The highest BCUT2D eigenvalue weighted by atomic mass is 32.2. The van der Waals surface area contributed by atoms with E-state index in [2.05, 4.69) is 0 Å². The number of carbonyl (C=O) groups is 3. The smallest absolute Gasteiger partial charge is 0.324 e. The van der Waals surface area contributed by atoms with Gasteiger partial charge in [0.2, 0.25) is 15.8 Å². The minimum atomic E-state index is -3.97. The fraction of sp³-hybridized carbons (Fsp3) is 0.458. The molecule has 1 unspecified atom stereocenters. The summed E-state index contributed by atoms with van der Waals surface area (Å²) in [5, 5.41) is 0.